The fourth-order valence-electron chi connectivity index (χ4n) is 3.22. The summed E-state index contributed by atoms with van der Waals surface area (Å²) >= 11 is 5.76. The summed E-state index contributed by atoms with van der Waals surface area (Å²) in [6, 6.07) is 6.48. The van der Waals surface area contributed by atoms with Crippen LogP contribution in [0.4, 0.5) is 17.1 Å². The molecular formula is C22H22ClN3O8. The van der Waals surface area contributed by atoms with Crippen LogP contribution in [0.1, 0.15) is 23.7 Å². The molecule has 1 aliphatic rings. The topological polar surface area (TPSA) is 146 Å². The van der Waals surface area contributed by atoms with Crippen LogP contribution >= 0.6 is 11.6 Å². The number of nitro groups is 1. The lowest BCUT2D eigenvalue weighted by molar-refractivity contribution is -0.383. The van der Waals surface area contributed by atoms with Gasteiger partial charge in [0, 0.05) is 29.1 Å². The summed E-state index contributed by atoms with van der Waals surface area (Å²) in [7, 11) is 2.79. The van der Waals surface area contributed by atoms with Gasteiger partial charge in [0.1, 0.15) is 5.69 Å². The summed E-state index contributed by atoms with van der Waals surface area (Å²) in [6.07, 6.45) is 0.746. The molecule has 0 saturated heterocycles. The van der Waals surface area contributed by atoms with Crippen molar-refractivity contribution in [2.45, 2.75) is 13.3 Å². The van der Waals surface area contributed by atoms with E-state index in [0.717, 1.165) is 12.5 Å². The van der Waals surface area contributed by atoms with Gasteiger partial charge in [-0.15, -0.1) is 0 Å². The molecule has 0 aliphatic heterocycles. The lowest BCUT2D eigenvalue weighted by Gasteiger charge is -2.15. The third-order valence-corrected chi connectivity index (χ3v) is 5.45. The highest BCUT2D eigenvalue weighted by atomic mass is 35.5. The largest absolute Gasteiger partial charge is 0.493 e. The van der Waals surface area contributed by atoms with Crippen molar-refractivity contribution < 1.29 is 33.5 Å². The molecule has 2 unspecified atom stereocenters. The fourth-order valence-corrected chi connectivity index (χ4v) is 3.39. The van der Waals surface area contributed by atoms with E-state index in [9.17, 15) is 24.5 Å². The number of rotatable bonds is 9. The second-order valence-corrected chi connectivity index (χ2v) is 8.04. The Kier molecular flexibility index (Phi) is 7.57. The van der Waals surface area contributed by atoms with Crippen molar-refractivity contribution >= 4 is 46.4 Å². The maximum atomic E-state index is 12.8. The molecule has 11 nitrogen and oxygen atoms in total. The first-order valence-electron chi connectivity index (χ1n) is 10.1. The van der Waals surface area contributed by atoms with Crippen LogP contribution in [0.15, 0.2) is 30.3 Å². The predicted molar refractivity (Wildman–Crippen MR) is 122 cm³/mol. The zero-order valence-corrected chi connectivity index (χ0v) is 19.3. The lowest BCUT2D eigenvalue weighted by atomic mass is 10.1. The van der Waals surface area contributed by atoms with E-state index in [2.05, 4.69) is 10.6 Å². The first-order valence-corrected chi connectivity index (χ1v) is 10.5. The Hall–Kier alpha value is -3.86. The number of nitrogens with zero attached hydrogens (tertiary/aromatic N) is 1. The van der Waals surface area contributed by atoms with Gasteiger partial charge in [-0.05, 0) is 24.5 Å². The number of nitrogens with one attached hydrogen (secondary N) is 2. The van der Waals surface area contributed by atoms with Crippen molar-refractivity contribution in [1.29, 1.82) is 0 Å². The molecule has 0 heterocycles. The summed E-state index contributed by atoms with van der Waals surface area (Å²) < 4.78 is 15.5. The molecule has 34 heavy (non-hydrogen) atoms. The number of carbonyl (C=O) groups is 3. The van der Waals surface area contributed by atoms with E-state index in [4.69, 9.17) is 25.8 Å². The van der Waals surface area contributed by atoms with Crippen LogP contribution in [0.25, 0.3) is 0 Å². The van der Waals surface area contributed by atoms with Gasteiger partial charge in [0.2, 0.25) is 5.91 Å². The Morgan fingerprint density at radius 1 is 1.09 bits per heavy atom. The molecule has 0 aromatic heterocycles. The molecule has 180 valence electrons. The van der Waals surface area contributed by atoms with Gasteiger partial charge < -0.3 is 24.8 Å². The van der Waals surface area contributed by atoms with Crippen molar-refractivity contribution in [1.82, 2.24) is 0 Å². The number of carbonyl (C=O) groups excluding carboxylic acids is 3. The Morgan fingerprint density at radius 3 is 2.32 bits per heavy atom. The van der Waals surface area contributed by atoms with Crippen molar-refractivity contribution in [2.24, 2.45) is 11.8 Å². The summed E-state index contributed by atoms with van der Waals surface area (Å²) in [6.45, 7) is 1.21. The molecule has 2 aromatic rings. The molecule has 2 N–H and O–H groups in total. The maximum absolute atomic E-state index is 12.8. The third-order valence-electron chi connectivity index (χ3n) is 5.21. The molecule has 1 aliphatic carbocycles. The molecule has 2 atom stereocenters. The standard InChI is InChI=1S/C22H22ClN3O8/c1-11-6-13(11)21(28)25-16-9-19(33-3)18(32-2)8-14(16)22(29)34-10-20(27)24-15-5-4-12(23)7-17(15)26(30)31/h4-5,7-9,11,13H,6,10H2,1-3H3,(H,24,27)(H,25,28). The number of benzene rings is 2. The SMILES string of the molecule is COc1cc(NC(=O)C2CC2C)c(C(=O)OCC(=O)Nc2ccc(Cl)cc2[N+](=O)[O-])cc1OC. The molecule has 1 saturated carbocycles. The third kappa shape index (κ3) is 5.73. The Morgan fingerprint density at radius 2 is 1.74 bits per heavy atom. The molecule has 0 spiro atoms. The molecule has 12 heteroatoms. The van der Waals surface area contributed by atoms with Gasteiger partial charge in [-0.1, -0.05) is 18.5 Å². The normalized spacial score (nSPS) is 16.2. The minimum absolute atomic E-state index is 0.0513. The number of halogens is 1. The van der Waals surface area contributed by atoms with Gasteiger partial charge in [0.05, 0.1) is 30.4 Å². The summed E-state index contributed by atoms with van der Waals surface area (Å²) in [5, 5.41) is 16.3. The number of hydrogen-bond acceptors (Lipinski definition) is 8. The highest BCUT2D eigenvalue weighted by molar-refractivity contribution is 6.31. The molecule has 3 rings (SSSR count). The molecule has 2 amide bonds. The number of methoxy groups -OCH3 is 2. The molecular weight excluding hydrogens is 470 g/mol. The van der Waals surface area contributed by atoms with E-state index in [1.54, 1.807) is 0 Å². The fraction of sp³-hybridized carbons (Fsp3) is 0.318. The van der Waals surface area contributed by atoms with Crippen molar-refractivity contribution in [3.8, 4) is 11.5 Å². The number of esters is 1. The molecule has 0 bridgehead atoms. The van der Waals surface area contributed by atoms with E-state index in [0.29, 0.717) is 0 Å². The van der Waals surface area contributed by atoms with Crippen molar-refractivity contribution in [3.63, 3.8) is 0 Å². The van der Waals surface area contributed by atoms with E-state index >= 15 is 0 Å². The predicted octanol–water partition coefficient (Wildman–Crippen LogP) is 3.66. The van der Waals surface area contributed by atoms with E-state index in [-0.39, 0.29) is 51.2 Å². The quantitative estimate of drug-likeness (QED) is 0.307. The van der Waals surface area contributed by atoms with Crippen LogP contribution in [0.2, 0.25) is 5.02 Å². The molecule has 1 fully saturated rings. The summed E-state index contributed by atoms with van der Waals surface area (Å²) in [5.41, 5.74) is -0.426. The zero-order valence-electron chi connectivity index (χ0n) is 18.5. The lowest BCUT2D eigenvalue weighted by Crippen LogP contribution is -2.23. The van der Waals surface area contributed by atoms with Crippen LogP contribution in [-0.4, -0.2) is 43.5 Å². The Balaban J connectivity index is 1.75. The van der Waals surface area contributed by atoms with Gasteiger partial charge in [-0.3, -0.25) is 19.7 Å². The van der Waals surface area contributed by atoms with Crippen LogP contribution in [-0.2, 0) is 14.3 Å². The monoisotopic (exact) mass is 491 g/mol. The average molecular weight is 492 g/mol. The zero-order chi connectivity index (χ0) is 25.0. The van der Waals surface area contributed by atoms with Gasteiger partial charge in [-0.25, -0.2) is 4.79 Å². The summed E-state index contributed by atoms with van der Waals surface area (Å²) in [5.74, 6) is -1.38. The van der Waals surface area contributed by atoms with Gasteiger partial charge >= 0.3 is 5.97 Å². The van der Waals surface area contributed by atoms with Gasteiger partial charge in [0.25, 0.3) is 11.6 Å². The maximum Gasteiger partial charge on any atom is 0.340 e. The van der Waals surface area contributed by atoms with Crippen molar-refractivity contribution in [3.05, 3.63) is 51.0 Å². The minimum Gasteiger partial charge on any atom is -0.493 e. The number of ether oxygens (including phenoxy) is 3. The number of amides is 2. The molecule has 0 radical (unpaired) electrons. The van der Waals surface area contributed by atoms with E-state index in [1.165, 1.54) is 38.5 Å². The highest BCUT2D eigenvalue weighted by Crippen LogP contribution is 2.40. The highest BCUT2D eigenvalue weighted by Gasteiger charge is 2.39. The number of hydrogen-bond donors (Lipinski definition) is 2. The first-order chi connectivity index (χ1) is 16.1. The van der Waals surface area contributed by atoms with Crippen LogP contribution in [0.3, 0.4) is 0 Å². The number of anilines is 2. The second-order valence-electron chi connectivity index (χ2n) is 7.60. The van der Waals surface area contributed by atoms with Crippen LogP contribution in [0.5, 0.6) is 11.5 Å². The van der Waals surface area contributed by atoms with E-state index < -0.39 is 29.1 Å². The van der Waals surface area contributed by atoms with Crippen LogP contribution in [0, 0.1) is 22.0 Å². The first kappa shape index (κ1) is 24.8. The number of nitro benzene ring substituents is 1. The Bertz CT molecular complexity index is 1150. The van der Waals surface area contributed by atoms with Gasteiger partial charge in [0.15, 0.2) is 18.1 Å². The van der Waals surface area contributed by atoms with E-state index in [1.807, 2.05) is 6.92 Å². The second kappa shape index (κ2) is 10.4. The van der Waals surface area contributed by atoms with Gasteiger partial charge in [-0.2, -0.15) is 0 Å². The minimum atomic E-state index is -0.916. The smallest absolute Gasteiger partial charge is 0.340 e. The average Bonchev–Trinajstić information content (AvgIpc) is 3.54. The van der Waals surface area contributed by atoms with Crippen molar-refractivity contribution in [2.75, 3.05) is 31.5 Å². The summed E-state index contributed by atoms with van der Waals surface area (Å²) in [4.78, 5) is 47.9. The Labute approximate surface area is 199 Å². The van der Waals surface area contributed by atoms with Crippen LogP contribution < -0.4 is 20.1 Å². The molecule has 2 aromatic carbocycles.